The van der Waals surface area contributed by atoms with Crippen molar-refractivity contribution in [1.82, 2.24) is 4.90 Å². The highest BCUT2D eigenvalue weighted by Gasteiger charge is 2.26. The number of fused-ring (bicyclic) bond motifs is 1. The number of amides is 2. The average Bonchev–Trinajstić information content (AvgIpc) is 3.06. The number of anilines is 1. The van der Waals surface area contributed by atoms with E-state index in [0.29, 0.717) is 37.7 Å². The summed E-state index contributed by atoms with van der Waals surface area (Å²) in [5.41, 5.74) is 2.62. The van der Waals surface area contributed by atoms with Crippen LogP contribution >= 0.6 is 0 Å². The summed E-state index contributed by atoms with van der Waals surface area (Å²) in [5.74, 6) is 1.10. The number of urea groups is 1. The predicted molar refractivity (Wildman–Crippen MR) is 133 cm³/mol. The predicted octanol–water partition coefficient (Wildman–Crippen LogP) is 6.10. The van der Waals surface area contributed by atoms with Crippen LogP contribution in [0.1, 0.15) is 37.5 Å². The van der Waals surface area contributed by atoms with Crippen LogP contribution in [0.5, 0.6) is 11.5 Å². The molecule has 0 spiro atoms. The molecule has 3 aromatic carbocycles. The van der Waals surface area contributed by atoms with Gasteiger partial charge in [0.05, 0.1) is 37.6 Å². The zero-order valence-electron chi connectivity index (χ0n) is 20.3. The third-order valence-corrected chi connectivity index (χ3v) is 5.94. The van der Waals surface area contributed by atoms with E-state index in [1.807, 2.05) is 69.3 Å². The zero-order valence-corrected chi connectivity index (χ0v) is 20.3. The van der Waals surface area contributed by atoms with Crippen molar-refractivity contribution in [2.45, 2.75) is 39.5 Å². The Labute approximate surface area is 205 Å². The molecule has 0 saturated carbocycles. The molecule has 7 heteroatoms. The molecule has 4 rings (SSSR count). The Morgan fingerprint density at radius 2 is 1.94 bits per heavy atom. The van der Waals surface area contributed by atoms with Crippen LogP contribution in [0.2, 0.25) is 0 Å². The molecule has 3 aromatic rings. The summed E-state index contributed by atoms with van der Waals surface area (Å²) < 4.78 is 31.2. The number of para-hydroxylation sites is 2. The van der Waals surface area contributed by atoms with Gasteiger partial charge in [0.15, 0.2) is 0 Å². The minimum Gasteiger partial charge on any atom is -0.492 e. The molecule has 0 fully saturated rings. The maximum absolute atomic E-state index is 13.5. The van der Waals surface area contributed by atoms with Crippen molar-refractivity contribution in [1.29, 1.82) is 0 Å². The summed E-state index contributed by atoms with van der Waals surface area (Å²) in [4.78, 5) is 14.8. The van der Waals surface area contributed by atoms with Crippen molar-refractivity contribution in [3.63, 3.8) is 0 Å². The largest absolute Gasteiger partial charge is 0.492 e. The lowest BCUT2D eigenvalue weighted by molar-refractivity contribution is -0.0338. The lowest BCUT2D eigenvalue weighted by Gasteiger charge is -2.27. The molecule has 0 bridgehead atoms. The fourth-order valence-electron chi connectivity index (χ4n) is 3.96. The number of carbonyl (C=O) groups excluding carboxylic acids is 1. The van der Waals surface area contributed by atoms with Crippen LogP contribution in [0.3, 0.4) is 0 Å². The SMILES string of the molecule is CCOc1ccccc1NC(=O)N1CCOc2ccc(C(C)(C)OCc3cccc(F)c3)cc2C1. The van der Waals surface area contributed by atoms with Gasteiger partial charge in [0.25, 0.3) is 0 Å². The molecule has 0 unspecified atom stereocenters. The molecule has 0 radical (unpaired) electrons. The first-order chi connectivity index (χ1) is 16.9. The van der Waals surface area contributed by atoms with Crippen LogP contribution in [0.4, 0.5) is 14.9 Å². The Balaban J connectivity index is 1.48. The summed E-state index contributed by atoms with van der Waals surface area (Å²) in [7, 11) is 0. The van der Waals surface area contributed by atoms with E-state index in [4.69, 9.17) is 14.2 Å². The Kier molecular flexibility index (Phi) is 7.56. The maximum Gasteiger partial charge on any atom is 0.322 e. The molecule has 1 N–H and O–H groups in total. The van der Waals surface area contributed by atoms with E-state index in [1.54, 1.807) is 11.0 Å². The smallest absolute Gasteiger partial charge is 0.322 e. The molecular weight excluding hydrogens is 447 g/mol. The fourth-order valence-corrected chi connectivity index (χ4v) is 3.96. The van der Waals surface area contributed by atoms with Crippen molar-refractivity contribution in [2.75, 3.05) is 25.1 Å². The fraction of sp³-hybridized carbons (Fsp3) is 0.321. The number of halogens is 1. The first-order valence-electron chi connectivity index (χ1n) is 11.8. The van der Waals surface area contributed by atoms with Gasteiger partial charge in [-0.2, -0.15) is 0 Å². The molecule has 1 aliphatic heterocycles. The van der Waals surface area contributed by atoms with Gasteiger partial charge in [-0.1, -0.05) is 30.3 Å². The normalized spacial score (nSPS) is 13.4. The minimum atomic E-state index is -0.628. The third kappa shape index (κ3) is 6.11. The summed E-state index contributed by atoms with van der Waals surface area (Å²) in [6.07, 6.45) is 0. The molecular formula is C28H31FN2O4. The Hall–Kier alpha value is -3.58. The van der Waals surface area contributed by atoms with E-state index in [0.717, 1.165) is 22.4 Å². The number of carbonyl (C=O) groups is 1. The van der Waals surface area contributed by atoms with E-state index >= 15 is 0 Å². The molecule has 0 saturated heterocycles. The Morgan fingerprint density at radius 3 is 2.74 bits per heavy atom. The minimum absolute atomic E-state index is 0.222. The quantitative estimate of drug-likeness (QED) is 0.446. The summed E-state index contributed by atoms with van der Waals surface area (Å²) in [6.45, 7) is 7.89. The van der Waals surface area contributed by atoms with Gasteiger partial charge in [0, 0.05) is 5.56 Å². The highest BCUT2D eigenvalue weighted by molar-refractivity contribution is 5.91. The lowest BCUT2D eigenvalue weighted by Crippen LogP contribution is -2.36. The molecule has 0 aliphatic carbocycles. The van der Waals surface area contributed by atoms with Gasteiger partial charge in [-0.3, -0.25) is 0 Å². The van der Waals surface area contributed by atoms with Gasteiger partial charge in [0.1, 0.15) is 23.9 Å². The topological polar surface area (TPSA) is 60.0 Å². The molecule has 35 heavy (non-hydrogen) atoms. The van der Waals surface area contributed by atoms with Crippen LogP contribution in [-0.4, -0.2) is 30.7 Å². The highest BCUT2D eigenvalue weighted by atomic mass is 19.1. The van der Waals surface area contributed by atoms with Crippen LogP contribution < -0.4 is 14.8 Å². The van der Waals surface area contributed by atoms with Gasteiger partial charge in [-0.25, -0.2) is 9.18 Å². The number of hydrogen-bond donors (Lipinski definition) is 1. The van der Waals surface area contributed by atoms with E-state index < -0.39 is 5.60 Å². The van der Waals surface area contributed by atoms with Crippen molar-refractivity contribution < 1.29 is 23.4 Å². The van der Waals surface area contributed by atoms with Gasteiger partial charge in [0.2, 0.25) is 0 Å². The highest BCUT2D eigenvalue weighted by Crippen LogP contribution is 2.32. The number of ether oxygens (including phenoxy) is 3. The van der Waals surface area contributed by atoms with Crippen molar-refractivity contribution >= 4 is 11.7 Å². The van der Waals surface area contributed by atoms with Crippen LogP contribution in [-0.2, 0) is 23.5 Å². The van der Waals surface area contributed by atoms with E-state index in [-0.39, 0.29) is 18.5 Å². The van der Waals surface area contributed by atoms with Crippen LogP contribution in [0.25, 0.3) is 0 Å². The summed E-state index contributed by atoms with van der Waals surface area (Å²) in [5, 5.41) is 2.96. The first-order valence-corrected chi connectivity index (χ1v) is 11.8. The van der Waals surface area contributed by atoms with Gasteiger partial charge < -0.3 is 24.4 Å². The zero-order chi connectivity index (χ0) is 24.8. The third-order valence-electron chi connectivity index (χ3n) is 5.94. The van der Waals surface area contributed by atoms with E-state index in [1.165, 1.54) is 12.1 Å². The second kappa shape index (κ2) is 10.8. The number of rotatable bonds is 7. The molecule has 1 heterocycles. The van der Waals surface area contributed by atoms with E-state index in [9.17, 15) is 9.18 Å². The Morgan fingerprint density at radius 1 is 1.11 bits per heavy atom. The summed E-state index contributed by atoms with van der Waals surface area (Å²) in [6, 6.07) is 19.5. The van der Waals surface area contributed by atoms with Gasteiger partial charge in [-0.15, -0.1) is 0 Å². The number of hydrogen-bond acceptors (Lipinski definition) is 4. The second-order valence-electron chi connectivity index (χ2n) is 8.88. The van der Waals surface area contributed by atoms with Crippen LogP contribution in [0, 0.1) is 5.82 Å². The molecule has 0 atom stereocenters. The van der Waals surface area contributed by atoms with Gasteiger partial charge >= 0.3 is 6.03 Å². The standard InChI is InChI=1S/C28H31FN2O4/c1-4-33-26-11-6-5-10-24(26)30-27(32)31-14-15-34-25-13-12-22(17-21(25)18-31)28(2,3)35-19-20-8-7-9-23(29)16-20/h5-13,16-17H,4,14-15,18-19H2,1-3H3,(H,30,32). The molecule has 2 amide bonds. The van der Waals surface area contributed by atoms with Crippen molar-refractivity contribution in [3.05, 3.63) is 89.2 Å². The molecule has 184 valence electrons. The van der Waals surface area contributed by atoms with E-state index in [2.05, 4.69) is 5.32 Å². The number of benzene rings is 3. The van der Waals surface area contributed by atoms with Gasteiger partial charge in [-0.05, 0) is 68.3 Å². The first kappa shape index (κ1) is 24.5. The van der Waals surface area contributed by atoms with Crippen LogP contribution in [0.15, 0.2) is 66.7 Å². The number of nitrogens with one attached hydrogen (secondary N) is 1. The lowest BCUT2D eigenvalue weighted by atomic mass is 9.95. The molecule has 0 aromatic heterocycles. The Bertz CT molecular complexity index is 1180. The second-order valence-corrected chi connectivity index (χ2v) is 8.88. The summed E-state index contributed by atoms with van der Waals surface area (Å²) >= 11 is 0. The monoisotopic (exact) mass is 478 g/mol. The molecule has 1 aliphatic rings. The maximum atomic E-state index is 13.5. The average molecular weight is 479 g/mol. The molecule has 6 nitrogen and oxygen atoms in total. The van der Waals surface area contributed by atoms with Crippen molar-refractivity contribution in [3.8, 4) is 11.5 Å². The number of nitrogens with zero attached hydrogens (tertiary/aromatic N) is 1. The van der Waals surface area contributed by atoms with Crippen molar-refractivity contribution in [2.24, 2.45) is 0 Å².